The van der Waals surface area contributed by atoms with E-state index in [2.05, 4.69) is 0 Å². The van der Waals surface area contributed by atoms with Crippen molar-refractivity contribution in [2.45, 2.75) is 70.4 Å². The van der Waals surface area contributed by atoms with E-state index in [1.807, 2.05) is 20.8 Å². The van der Waals surface area contributed by atoms with Gasteiger partial charge in [-0.05, 0) is 50.8 Å². The first-order valence-corrected chi connectivity index (χ1v) is 11.7. The van der Waals surface area contributed by atoms with E-state index in [-0.39, 0.29) is 17.8 Å². The first-order valence-electron chi connectivity index (χ1n) is 11.7. The Morgan fingerprint density at radius 3 is 2.36 bits per heavy atom. The van der Waals surface area contributed by atoms with Gasteiger partial charge in [-0.3, -0.25) is 4.79 Å². The Labute approximate surface area is 193 Å². The van der Waals surface area contributed by atoms with E-state index in [1.54, 1.807) is 30.3 Å². The van der Waals surface area contributed by atoms with Gasteiger partial charge in [0.15, 0.2) is 5.78 Å². The number of Topliss-reactive ketones (excluding diaryl/α,β-unsaturated/α-hetero) is 1. The molecule has 3 saturated carbocycles. The smallest absolute Gasteiger partial charge is 0.335 e. The maximum Gasteiger partial charge on any atom is 0.335 e. The van der Waals surface area contributed by atoms with Crippen LogP contribution in [-0.4, -0.2) is 62.7 Å². The van der Waals surface area contributed by atoms with Crippen molar-refractivity contribution in [1.82, 2.24) is 0 Å². The summed E-state index contributed by atoms with van der Waals surface area (Å²) in [5, 5.41) is 41.6. The van der Waals surface area contributed by atoms with Crippen molar-refractivity contribution < 1.29 is 34.8 Å². The fourth-order valence-corrected chi connectivity index (χ4v) is 8.16. The summed E-state index contributed by atoms with van der Waals surface area (Å²) >= 11 is 0. The number of ketones is 1. The van der Waals surface area contributed by atoms with Gasteiger partial charge in [-0.1, -0.05) is 30.7 Å². The fourth-order valence-electron chi connectivity index (χ4n) is 8.16. The highest BCUT2D eigenvalue weighted by atomic mass is 16.5. The quantitative estimate of drug-likeness (QED) is 0.478. The Morgan fingerprint density at radius 2 is 1.82 bits per heavy atom. The second-order valence-electron chi connectivity index (χ2n) is 10.9. The average molecular weight is 457 g/mol. The third-order valence-electron chi connectivity index (χ3n) is 9.98. The highest BCUT2D eigenvalue weighted by molar-refractivity contribution is 5.96. The van der Waals surface area contributed by atoms with Crippen LogP contribution in [0.25, 0.3) is 0 Å². The SMILES string of the molecule is CC1=C2[C@@H](O)C(=O)[C@]3(C)[C@@H](O)C[C@H]4OC[C@H]4C34C[C@](O)(CC1)[C@]24C.O=C(O)c1ccccc1. The molecular weight excluding hydrogens is 424 g/mol. The van der Waals surface area contributed by atoms with Gasteiger partial charge in [0, 0.05) is 23.2 Å². The molecule has 1 saturated heterocycles. The summed E-state index contributed by atoms with van der Waals surface area (Å²) in [5.74, 6) is -0.986. The number of carboxylic acids is 1. The van der Waals surface area contributed by atoms with Crippen LogP contribution < -0.4 is 0 Å². The van der Waals surface area contributed by atoms with Crippen molar-refractivity contribution in [2.24, 2.45) is 22.2 Å². The van der Waals surface area contributed by atoms with Crippen molar-refractivity contribution in [1.29, 1.82) is 0 Å². The Balaban J connectivity index is 0.000000215. The zero-order valence-corrected chi connectivity index (χ0v) is 19.2. The standard InChI is InChI=1S/C19H26O5.C7H6O2/c1-9-4-5-18(23)8-19-10-7-24-11(10)6-12(20)16(19,2)15(22)14(21)13(9)17(18,19)3;8-7(9)6-4-2-1-3-5-6/h10-12,14,20-21,23H,4-8H2,1-3H3;1-5H,(H,8,9)/t10-,11-,12+,14-,16+,17+,18-,19?;/m1./s1. The molecule has 0 aromatic heterocycles. The van der Waals surface area contributed by atoms with Gasteiger partial charge in [-0.15, -0.1) is 0 Å². The van der Waals surface area contributed by atoms with E-state index in [0.717, 1.165) is 11.1 Å². The summed E-state index contributed by atoms with van der Waals surface area (Å²) in [4.78, 5) is 23.5. The number of carbonyl (C=O) groups excluding carboxylic acids is 1. The number of hydrogen-bond acceptors (Lipinski definition) is 6. The van der Waals surface area contributed by atoms with E-state index < -0.39 is 40.0 Å². The van der Waals surface area contributed by atoms with E-state index in [0.29, 0.717) is 37.9 Å². The minimum atomic E-state index is -1.22. The molecule has 8 atom stereocenters. The number of ether oxygens (including phenoxy) is 1. The molecule has 1 heterocycles. The maximum atomic E-state index is 13.3. The molecule has 1 spiro atoms. The van der Waals surface area contributed by atoms with Gasteiger partial charge in [-0.25, -0.2) is 4.79 Å². The number of fused-ring (bicyclic) bond motifs is 1. The summed E-state index contributed by atoms with van der Waals surface area (Å²) in [6.07, 6.45) is 0.231. The minimum Gasteiger partial charge on any atom is -0.478 e. The van der Waals surface area contributed by atoms with E-state index in [9.17, 15) is 24.9 Å². The molecule has 33 heavy (non-hydrogen) atoms. The molecular formula is C26H32O7. The Morgan fingerprint density at radius 1 is 1.15 bits per heavy atom. The second-order valence-corrected chi connectivity index (χ2v) is 10.9. The first kappa shape index (κ1) is 22.7. The number of rotatable bonds is 1. The monoisotopic (exact) mass is 456 g/mol. The van der Waals surface area contributed by atoms with Gasteiger partial charge in [0.05, 0.1) is 35.4 Å². The summed E-state index contributed by atoms with van der Waals surface area (Å²) in [5.41, 5.74) is -1.04. The number of allylic oxidation sites excluding steroid dienone is 1. The number of aliphatic hydroxyl groups is 3. The van der Waals surface area contributed by atoms with Crippen molar-refractivity contribution in [3.8, 4) is 0 Å². The van der Waals surface area contributed by atoms with Crippen LogP contribution in [0, 0.1) is 22.2 Å². The summed E-state index contributed by atoms with van der Waals surface area (Å²) in [6, 6.07) is 8.30. The number of aromatic carboxylic acids is 1. The van der Waals surface area contributed by atoms with Crippen LogP contribution in [0.1, 0.15) is 56.8 Å². The van der Waals surface area contributed by atoms with Crippen molar-refractivity contribution in [3.05, 3.63) is 47.0 Å². The number of carboxylic acid groups (broad SMARTS) is 1. The number of aliphatic hydroxyl groups excluding tert-OH is 2. The topological polar surface area (TPSA) is 124 Å². The molecule has 0 radical (unpaired) electrons. The molecule has 1 aromatic rings. The van der Waals surface area contributed by atoms with Crippen LogP contribution >= 0.6 is 0 Å². The van der Waals surface area contributed by atoms with Gasteiger partial charge in [0.25, 0.3) is 0 Å². The summed E-state index contributed by atoms with van der Waals surface area (Å²) in [6.45, 7) is 6.40. The molecule has 1 aromatic carbocycles. The molecule has 7 heteroatoms. The molecule has 4 aliphatic carbocycles. The van der Waals surface area contributed by atoms with Gasteiger partial charge >= 0.3 is 5.97 Å². The Bertz CT molecular complexity index is 1050. The van der Waals surface area contributed by atoms with Crippen LogP contribution in [0.3, 0.4) is 0 Å². The van der Waals surface area contributed by atoms with Gasteiger partial charge in [0.1, 0.15) is 6.10 Å². The number of benzene rings is 1. The predicted molar refractivity (Wildman–Crippen MR) is 118 cm³/mol. The minimum absolute atomic E-state index is 0.0408. The molecule has 0 amide bonds. The number of carbonyl (C=O) groups is 2. The average Bonchev–Trinajstić information content (AvgIpc) is 2.77. The first-order chi connectivity index (χ1) is 15.5. The molecule has 7 nitrogen and oxygen atoms in total. The third-order valence-corrected chi connectivity index (χ3v) is 9.98. The Kier molecular flexibility index (Phi) is 4.80. The zero-order valence-electron chi connectivity index (χ0n) is 19.2. The lowest BCUT2D eigenvalue weighted by atomic mass is 9.22. The highest BCUT2D eigenvalue weighted by Gasteiger charge is 2.87. The summed E-state index contributed by atoms with van der Waals surface area (Å²) < 4.78 is 5.70. The molecule has 178 valence electrons. The lowest BCUT2D eigenvalue weighted by Gasteiger charge is -2.82. The molecule has 4 fully saturated rings. The van der Waals surface area contributed by atoms with Crippen molar-refractivity contribution in [3.63, 3.8) is 0 Å². The highest BCUT2D eigenvalue weighted by Crippen LogP contribution is 2.83. The third kappa shape index (κ3) is 2.44. The molecule has 6 rings (SSSR count). The molecule has 1 aliphatic heterocycles. The second kappa shape index (κ2) is 6.98. The van der Waals surface area contributed by atoms with Crippen LogP contribution in [0.4, 0.5) is 0 Å². The van der Waals surface area contributed by atoms with E-state index in [1.165, 1.54) is 0 Å². The number of hydrogen-bond donors (Lipinski definition) is 4. The van der Waals surface area contributed by atoms with Crippen LogP contribution in [0.5, 0.6) is 0 Å². The van der Waals surface area contributed by atoms with Crippen LogP contribution in [-0.2, 0) is 9.53 Å². The maximum absolute atomic E-state index is 13.3. The van der Waals surface area contributed by atoms with E-state index in [4.69, 9.17) is 9.84 Å². The molecule has 0 bridgehead atoms. The lowest BCUT2D eigenvalue weighted by molar-refractivity contribution is -0.385. The zero-order chi connectivity index (χ0) is 24.0. The molecule has 1 unspecified atom stereocenters. The van der Waals surface area contributed by atoms with Gasteiger partial charge < -0.3 is 25.2 Å². The largest absolute Gasteiger partial charge is 0.478 e. The van der Waals surface area contributed by atoms with Gasteiger partial charge in [0.2, 0.25) is 0 Å². The normalized spacial score (nSPS) is 47.0. The van der Waals surface area contributed by atoms with Crippen LogP contribution in [0.2, 0.25) is 0 Å². The Hall–Kier alpha value is -2.06. The summed E-state index contributed by atoms with van der Waals surface area (Å²) in [7, 11) is 0. The fraction of sp³-hybridized carbons (Fsp3) is 0.615. The predicted octanol–water partition coefficient (Wildman–Crippen LogP) is 2.34. The van der Waals surface area contributed by atoms with Gasteiger partial charge in [-0.2, -0.15) is 0 Å². The van der Waals surface area contributed by atoms with Crippen LogP contribution in [0.15, 0.2) is 41.5 Å². The van der Waals surface area contributed by atoms with E-state index >= 15 is 0 Å². The lowest BCUT2D eigenvalue weighted by Crippen LogP contribution is -2.87. The molecule has 5 aliphatic rings. The van der Waals surface area contributed by atoms with Crippen molar-refractivity contribution in [2.75, 3.05) is 6.61 Å². The molecule has 4 N–H and O–H groups in total. The van der Waals surface area contributed by atoms with Crippen molar-refractivity contribution >= 4 is 11.8 Å².